The average Bonchev–Trinajstić information content (AvgIpc) is 3.33. The van der Waals surface area contributed by atoms with Crippen LogP contribution in [-0.4, -0.2) is 49.7 Å². The van der Waals surface area contributed by atoms with E-state index in [-0.39, 0.29) is 34.2 Å². The number of aromatic nitrogens is 4. The van der Waals surface area contributed by atoms with Gasteiger partial charge in [-0.2, -0.15) is 5.10 Å². The molecule has 1 saturated heterocycles. The third kappa shape index (κ3) is 4.46. The second-order valence-electron chi connectivity index (χ2n) is 9.33. The van der Waals surface area contributed by atoms with Crippen LogP contribution in [0.2, 0.25) is 0 Å². The highest BCUT2D eigenvalue weighted by molar-refractivity contribution is 5.88. The standard InChI is InChI=1S/C27H29F2N7/c1-3-7-34-15-20(16-34)36-14-19(12-33-36)18-8-22-24(32-11-18)10-23(28)21(27(22)29)9-26(31)35-13-17(4-2)5-6-25(35)30/h5-6,8,10-14,20,30-31H,3-4,7,9,15-16H2,1-2H3. The predicted molar refractivity (Wildman–Crippen MR) is 135 cm³/mol. The van der Waals surface area contributed by atoms with E-state index < -0.39 is 11.6 Å². The first kappa shape index (κ1) is 24.0. The van der Waals surface area contributed by atoms with Crippen LogP contribution in [0.4, 0.5) is 8.78 Å². The van der Waals surface area contributed by atoms with Gasteiger partial charge in [0.15, 0.2) is 0 Å². The van der Waals surface area contributed by atoms with Gasteiger partial charge >= 0.3 is 0 Å². The first-order valence-electron chi connectivity index (χ1n) is 12.2. The Morgan fingerprint density at radius 3 is 2.64 bits per heavy atom. The van der Waals surface area contributed by atoms with E-state index in [0.717, 1.165) is 43.6 Å². The van der Waals surface area contributed by atoms with Crippen molar-refractivity contribution in [2.24, 2.45) is 0 Å². The molecule has 0 aliphatic carbocycles. The SMILES string of the molecule is CCCN1CC(n2cc(-c3cnc4cc(F)c(CC(=N)n5cc(CC)ccc5=N)c(F)c4c3)cn2)C1. The molecule has 0 amide bonds. The smallest absolute Gasteiger partial charge is 0.139 e. The Morgan fingerprint density at radius 1 is 1.08 bits per heavy atom. The lowest BCUT2D eigenvalue weighted by Crippen LogP contribution is -2.47. The third-order valence-corrected chi connectivity index (χ3v) is 6.81. The monoisotopic (exact) mass is 489 g/mol. The summed E-state index contributed by atoms with van der Waals surface area (Å²) in [5.74, 6) is -1.56. The molecular weight excluding hydrogens is 460 g/mol. The second kappa shape index (κ2) is 9.73. The number of nitrogens with one attached hydrogen (secondary N) is 2. The molecule has 4 heterocycles. The molecule has 1 aliphatic rings. The van der Waals surface area contributed by atoms with Crippen molar-refractivity contribution < 1.29 is 8.78 Å². The molecule has 2 N–H and O–H groups in total. The highest BCUT2D eigenvalue weighted by Gasteiger charge is 2.28. The molecule has 1 aromatic carbocycles. The van der Waals surface area contributed by atoms with E-state index >= 15 is 4.39 Å². The molecule has 7 nitrogen and oxygen atoms in total. The number of rotatable bonds is 7. The molecule has 3 aromatic heterocycles. The lowest BCUT2D eigenvalue weighted by molar-refractivity contribution is 0.0989. The van der Waals surface area contributed by atoms with Crippen molar-refractivity contribution in [1.82, 2.24) is 24.2 Å². The quantitative estimate of drug-likeness (QED) is 0.295. The summed E-state index contributed by atoms with van der Waals surface area (Å²) >= 11 is 0. The summed E-state index contributed by atoms with van der Waals surface area (Å²) in [5.41, 5.74) is 2.55. The third-order valence-electron chi connectivity index (χ3n) is 6.81. The van der Waals surface area contributed by atoms with Gasteiger partial charge in [0.1, 0.15) is 23.0 Å². The van der Waals surface area contributed by atoms with Crippen molar-refractivity contribution in [3.63, 3.8) is 0 Å². The molecule has 36 heavy (non-hydrogen) atoms. The van der Waals surface area contributed by atoms with E-state index in [1.165, 1.54) is 10.6 Å². The van der Waals surface area contributed by atoms with Crippen molar-refractivity contribution in [3.8, 4) is 11.1 Å². The average molecular weight is 490 g/mol. The van der Waals surface area contributed by atoms with Crippen LogP contribution < -0.4 is 5.49 Å². The molecule has 0 bridgehead atoms. The highest BCUT2D eigenvalue weighted by Crippen LogP contribution is 2.29. The van der Waals surface area contributed by atoms with Gasteiger partial charge in [0.05, 0.1) is 17.8 Å². The van der Waals surface area contributed by atoms with Crippen LogP contribution in [0.5, 0.6) is 0 Å². The normalized spacial score (nSPS) is 14.3. The Hall–Kier alpha value is -3.72. The summed E-state index contributed by atoms with van der Waals surface area (Å²) in [7, 11) is 0. The maximum absolute atomic E-state index is 15.6. The topological polar surface area (TPSA) is 86.6 Å². The van der Waals surface area contributed by atoms with Gasteiger partial charge in [-0.25, -0.2) is 8.78 Å². The van der Waals surface area contributed by atoms with E-state index in [9.17, 15) is 4.39 Å². The van der Waals surface area contributed by atoms with Gasteiger partial charge in [0, 0.05) is 66.2 Å². The summed E-state index contributed by atoms with van der Waals surface area (Å²) in [6.45, 7) is 7.15. The van der Waals surface area contributed by atoms with E-state index in [1.54, 1.807) is 30.7 Å². The number of hydrogen-bond acceptors (Lipinski definition) is 5. The fourth-order valence-corrected chi connectivity index (χ4v) is 4.69. The van der Waals surface area contributed by atoms with E-state index in [4.69, 9.17) is 10.8 Å². The largest absolute Gasteiger partial charge is 0.299 e. The van der Waals surface area contributed by atoms with Crippen LogP contribution in [-0.2, 0) is 12.8 Å². The number of likely N-dealkylation sites (tertiary alicyclic amines) is 1. The summed E-state index contributed by atoms with van der Waals surface area (Å²) in [6, 6.07) is 6.59. The van der Waals surface area contributed by atoms with E-state index in [2.05, 4.69) is 21.9 Å². The Bertz CT molecular complexity index is 1500. The minimum atomic E-state index is -0.752. The van der Waals surface area contributed by atoms with Gasteiger partial charge in [0.25, 0.3) is 0 Å². The molecule has 5 rings (SSSR count). The maximum atomic E-state index is 15.6. The van der Waals surface area contributed by atoms with Gasteiger partial charge in [-0.05, 0) is 37.1 Å². The molecule has 186 valence electrons. The number of halogens is 2. The molecule has 0 saturated carbocycles. The van der Waals surface area contributed by atoms with E-state index in [0.29, 0.717) is 11.6 Å². The first-order chi connectivity index (χ1) is 17.4. The van der Waals surface area contributed by atoms with Gasteiger partial charge in [-0.3, -0.25) is 30.0 Å². The van der Waals surface area contributed by atoms with Gasteiger partial charge in [-0.15, -0.1) is 0 Å². The zero-order chi connectivity index (χ0) is 25.4. The molecule has 9 heteroatoms. The molecule has 0 unspecified atom stereocenters. The number of nitrogens with zero attached hydrogens (tertiary/aromatic N) is 5. The summed E-state index contributed by atoms with van der Waals surface area (Å²) < 4.78 is 33.8. The molecule has 1 aliphatic heterocycles. The van der Waals surface area contributed by atoms with Crippen molar-refractivity contribution in [2.75, 3.05) is 19.6 Å². The van der Waals surface area contributed by atoms with Crippen molar-refractivity contribution in [2.45, 2.75) is 39.2 Å². The van der Waals surface area contributed by atoms with Crippen molar-refractivity contribution in [3.05, 3.63) is 77.3 Å². The molecule has 0 atom stereocenters. The Kier molecular flexibility index (Phi) is 6.49. The number of fused-ring (bicyclic) bond motifs is 1. The zero-order valence-corrected chi connectivity index (χ0v) is 20.4. The number of hydrogen-bond donors (Lipinski definition) is 2. The molecule has 4 aromatic rings. The Balaban J connectivity index is 1.43. The van der Waals surface area contributed by atoms with Crippen LogP contribution in [0.25, 0.3) is 22.0 Å². The number of aryl methyl sites for hydroxylation is 1. The second-order valence-corrected chi connectivity index (χ2v) is 9.33. The fourth-order valence-electron chi connectivity index (χ4n) is 4.69. The molecular formula is C27H29F2N7. The Morgan fingerprint density at radius 2 is 1.89 bits per heavy atom. The van der Waals surface area contributed by atoms with Gasteiger partial charge < -0.3 is 0 Å². The lowest BCUT2D eigenvalue weighted by atomic mass is 10.0. The van der Waals surface area contributed by atoms with Crippen molar-refractivity contribution in [1.29, 1.82) is 10.8 Å². The van der Waals surface area contributed by atoms with Crippen LogP contribution in [0.3, 0.4) is 0 Å². The predicted octanol–water partition coefficient (Wildman–Crippen LogP) is 4.55. The van der Waals surface area contributed by atoms with Crippen LogP contribution in [0.15, 0.2) is 49.1 Å². The van der Waals surface area contributed by atoms with Crippen LogP contribution in [0.1, 0.15) is 37.4 Å². The lowest BCUT2D eigenvalue weighted by Gasteiger charge is -2.39. The molecule has 0 spiro atoms. The zero-order valence-electron chi connectivity index (χ0n) is 20.4. The van der Waals surface area contributed by atoms with E-state index in [1.807, 2.05) is 23.9 Å². The minimum absolute atomic E-state index is 0.0737. The Labute approximate surface area is 208 Å². The summed E-state index contributed by atoms with van der Waals surface area (Å²) in [6.07, 6.45) is 8.54. The summed E-state index contributed by atoms with van der Waals surface area (Å²) in [5, 5.41) is 21.2. The minimum Gasteiger partial charge on any atom is -0.299 e. The van der Waals surface area contributed by atoms with Gasteiger partial charge in [0.2, 0.25) is 0 Å². The number of benzene rings is 1. The molecule has 1 fully saturated rings. The molecule has 0 radical (unpaired) electrons. The fraction of sp³-hybridized carbons (Fsp3) is 0.333. The summed E-state index contributed by atoms with van der Waals surface area (Å²) in [4.78, 5) is 6.69. The maximum Gasteiger partial charge on any atom is 0.139 e. The number of pyridine rings is 2. The highest BCUT2D eigenvalue weighted by atomic mass is 19.1. The van der Waals surface area contributed by atoms with Crippen molar-refractivity contribution >= 4 is 16.7 Å². The van der Waals surface area contributed by atoms with Gasteiger partial charge in [-0.1, -0.05) is 19.9 Å². The van der Waals surface area contributed by atoms with Crippen LogP contribution in [0, 0.1) is 22.5 Å². The van der Waals surface area contributed by atoms with Crippen LogP contribution >= 0.6 is 0 Å². The first-order valence-corrected chi connectivity index (χ1v) is 12.2.